The van der Waals surface area contributed by atoms with Gasteiger partial charge >= 0.3 is 6.11 Å². The van der Waals surface area contributed by atoms with Crippen molar-refractivity contribution in [2.24, 2.45) is 0 Å². The normalized spacial score (nSPS) is 14.0. The fraction of sp³-hybridized carbons (Fsp3) is 1.00. The van der Waals surface area contributed by atoms with Crippen LogP contribution >= 0.6 is 0 Å². The van der Waals surface area contributed by atoms with E-state index in [1.54, 1.807) is 20.8 Å². The highest BCUT2D eigenvalue weighted by atomic mass is 19.3. The zero-order valence-electron chi connectivity index (χ0n) is 6.16. The summed E-state index contributed by atoms with van der Waals surface area (Å²) in [5.41, 5.74) is -0.766. The van der Waals surface area contributed by atoms with Crippen LogP contribution in [0.15, 0.2) is 0 Å². The highest BCUT2D eigenvalue weighted by Crippen LogP contribution is 2.21. The standard InChI is InChI=1S/C6H12F2O/c1-5(2,3)9-6(4,7)8/h1-4H3. The van der Waals surface area contributed by atoms with E-state index in [1.165, 1.54) is 0 Å². The first-order valence-corrected chi connectivity index (χ1v) is 2.79. The van der Waals surface area contributed by atoms with Crippen LogP contribution in [-0.4, -0.2) is 11.7 Å². The molecule has 0 heterocycles. The Kier molecular flexibility index (Phi) is 2.17. The molecule has 0 saturated heterocycles. The lowest BCUT2D eigenvalue weighted by Gasteiger charge is -2.23. The van der Waals surface area contributed by atoms with Crippen molar-refractivity contribution in [2.45, 2.75) is 39.4 Å². The van der Waals surface area contributed by atoms with Crippen molar-refractivity contribution in [2.75, 3.05) is 0 Å². The van der Waals surface area contributed by atoms with Gasteiger partial charge in [-0.15, -0.1) is 0 Å². The quantitative estimate of drug-likeness (QED) is 0.540. The molecule has 0 saturated carbocycles. The third-order valence-electron chi connectivity index (χ3n) is 0.485. The number of hydrogen-bond acceptors (Lipinski definition) is 1. The van der Waals surface area contributed by atoms with Crippen LogP contribution in [0.5, 0.6) is 0 Å². The first-order chi connectivity index (χ1) is 3.71. The second kappa shape index (κ2) is 2.21. The molecular formula is C6H12F2O. The Balaban J connectivity index is 3.75. The highest BCUT2D eigenvalue weighted by molar-refractivity contribution is 4.60. The minimum Gasteiger partial charge on any atom is -0.315 e. The lowest BCUT2D eigenvalue weighted by atomic mass is 10.2. The Morgan fingerprint density at radius 2 is 1.33 bits per heavy atom. The summed E-state index contributed by atoms with van der Waals surface area (Å²) in [4.78, 5) is 0. The molecule has 0 unspecified atom stereocenters. The van der Waals surface area contributed by atoms with Crippen molar-refractivity contribution >= 4 is 0 Å². The summed E-state index contributed by atoms with van der Waals surface area (Å²) in [6.45, 7) is 5.50. The smallest absolute Gasteiger partial charge is 0.315 e. The fourth-order valence-corrected chi connectivity index (χ4v) is 0.538. The van der Waals surface area contributed by atoms with Gasteiger partial charge in [0.05, 0.1) is 5.60 Å². The van der Waals surface area contributed by atoms with Crippen molar-refractivity contribution in [3.63, 3.8) is 0 Å². The van der Waals surface area contributed by atoms with Gasteiger partial charge in [0, 0.05) is 6.92 Å². The summed E-state index contributed by atoms with van der Waals surface area (Å²) < 4.78 is 28.3. The fourth-order valence-electron chi connectivity index (χ4n) is 0.538. The van der Waals surface area contributed by atoms with Gasteiger partial charge in [-0.2, -0.15) is 8.78 Å². The number of ether oxygens (including phenoxy) is 1. The van der Waals surface area contributed by atoms with Gasteiger partial charge in [0.2, 0.25) is 0 Å². The SMILES string of the molecule is CC(C)(C)OC(C)(F)F. The van der Waals surface area contributed by atoms with E-state index in [0.717, 1.165) is 6.92 Å². The molecule has 0 aliphatic heterocycles. The van der Waals surface area contributed by atoms with E-state index in [2.05, 4.69) is 4.74 Å². The number of hydrogen-bond donors (Lipinski definition) is 0. The van der Waals surface area contributed by atoms with E-state index in [-0.39, 0.29) is 0 Å². The first-order valence-electron chi connectivity index (χ1n) is 2.79. The predicted octanol–water partition coefficient (Wildman–Crippen LogP) is 2.41. The summed E-state index contributed by atoms with van der Waals surface area (Å²) in [5.74, 6) is 0. The number of alkyl halides is 2. The maximum Gasteiger partial charge on any atom is 0.353 e. The molecule has 0 fully saturated rings. The Bertz CT molecular complexity index is 76.2. The number of halogens is 2. The van der Waals surface area contributed by atoms with E-state index in [4.69, 9.17) is 0 Å². The molecule has 9 heavy (non-hydrogen) atoms. The molecule has 0 radical (unpaired) electrons. The molecule has 0 rings (SSSR count). The second-order valence-corrected chi connectivity index (χ2v) is 3.02. The van der Waals surface area contributed by atoms with Crippen LogP contribution in [0, 0.1) is 0 Å². The van der Waals surface area contributed by atoms with Crippen LogP contribution in [0.4, 0.5) is 8.78 Å². The monoisotopic (exact) mass is 138 g/mol. The van der Waals surface area contributed by atoms with Gasteiger partial charge in [0.1, 0.15) is 0 Å². The molecule has 0 bridgehead atoms. The maximum atomic E-state index is 12.0. The van der Waals surface area contributed by atoms with E-state index < -0.39 is 11.7 Å². The molecule has 1 nitrogen and oxygen atoms in total. The summed E-state index contributed by atoms with van der Waals surface area (Å²) in [7, 11) is 0. The first kappa shape index (κ1) is 8.82. The Hall–Kier alpha value is -0.180. The van der Waals surface area contributed by atoms with Crippen molar-refractivity contribution in [3.8, 4) is 0 Å². The van der Waals surface area contributed by atoms with Gasteiger partial charge < -0.3 is 4.74 Å². The predicted molar refractivity (Wildman–Crippen MR) is 31.5 cm³/mol. The van der Waals surface area contributed by atoms with Crippen molar-refractivity contribution in [1.82, 2.24) is 0 Å². The lowest BCUT2D eigenvalue weighted by Crippen LogP contribution is -2.29. The van der Waals surface area contributed by atoms with Gasteiger partial charge in [-0.25, -0.2) is 0 Å². The Morgan fingerprint density at radius 3 is 1.33 bits per heavy atom. The van der Waals surface area contributed by atoms with Gasteiger partial charge in [-0.05, 0) is 20.8 Å². The van der Waals surface area contributed by atoms with Crippen LogP contribution in [0.2, 0.25) is 0 Å². The van der Waals surface area contributed by atoms with Gasteiger partial charge in [0.15, 0.2) is 0 Å². The van der Waals surface area contributed by atoms with Crippen LogP contribution in [0.25, 0.3) is 0 Å². The second-order valence-electron chi connectivity index (χ2n) is 3.02. The molecular weight excluding hydrogens is 126 g/mol. The average Bonchev–Trinajstić information content (AvgIpc) is 1.14. The van der Waals surface area contributed by atoms with Crippen molar-refractivity contribution in [3.05, 3.63) is 0 Å². The molecule has 56 valence electrons. The maximum absolute atomic E-state index is 12.0. The molecule has 3 heteroatoms. The Labute approximate surface area is 54.0 Å². The van der Waals surface area contributed by atoms with Gasteiger partial charge in [-0.1, -0.05) is 0 Å². The summed E-state index contributed by atoms with van der Waals surface area (Å²) >= 11 is 0. The summed E-state index contributed by atoms with van der Waals surface area (Å²) in [6.07, 6.45) is -3.02. The minimum absolute atomic E-state index is 0.734. The summed E-state index contributed by atoms with van der Waals surface area (Å²) in [6, 6.07) is 0. The van der Waals surface area contributed by atoms with E-state index in [9.17, 15) is 8.78 Å². The molecule has 0 atom stereocenters. The molecule has 0 aromatic heterocycles. The molecule has 0 aromatic rings. The molecule has 0 N–H and O–H groups in total. The largest absolute Gasteiger partial charge is 0.353 e. The van der Waals surface area contributed by atoms with Crippen molar-refractivity contribution in [1.29, 1.82) is 0 Å². The van der Waals surface area contributed by atoms with Crippen LogP contribution in [0.1, 0.15) is 27.7 Å². The molecule has 0 spiro atoms. The summed E-state index contributed by atoms with van der Waals surface area (Å²) in [5, 5.41) is 0. The van der Waals surface area contributed by atoms with Gasteiger partial charge in [0.25, 0.3) is 0 Å². The van der Waals surface area contributed by atoms with Crippen molar-refractivity contribution < 1.29 is 13.5 Å². The zero-order chi connectivity index (χ0) is 7.71. The molecule has 0 aliphatic rings. The highest BCUT2D eigenvalue weighted by Gasteiger charge is 2.28. The third-order valence-corrected chi connectivity index (χ3v) is 0.485. The average molecular weight is 138 g/mol. The molecule has 0 aliphatic carbocycles. The van der Waals surface area contributed by atoms with E-state index >= 15 is 0 Å². The number of rotatable bonds is 1. The van der Waals surface area contributed by atoms with Crippen LogP contribution in [-0.2, 0) is 4.74 Å². The molecule has 0 amide bonds. The van der Waals surface area contributed by atoms with E-state index in [0.29, 0.717) is 0 Å². The van der Waals surface area contributed by atoms with E-state index in [1.807, 2.05) is 0 Å². The molecule has 0 aromatic carbocycles. The topological polar surface area (TPSA) is 9.23 Å². The Morgan fingerprint density at radius 1 is 1.00 bits per heavy atom. The third kappa shape index (κ3) is 7.82. The lowest BCUT2D eigenvalue weighted by molar-refractivity contribution is -0.270. The van der Waals surface area contributed by atoms with Crippen LogP contribution < -0.4 is 0 Å². The zero-order valence-corrected chi connectivity index (χ0v) is 6.16. The van der Waals surface area contributed by atoms with Crippen LogP contribution in [0.3, 0.4) is 0 Å². The van der Waals surface area contributed by atoms with Gasteiger partial charge in [-0.3, -0.25) is 0 Å². The minimum atomic E-state index is -3.02.